The summed E-state index contributed by atoms with van der Waals surface area (Å²) >= 11 is 0. The van der Waals surface area contributed by atoms with Gasteiger partial charge in [0.15, 0.2) is 6.10 Å². The number of piperidine rings is 1. The van der Waals surface area contributed by atoms with E-state index in [9.17, 15) is 22.8 Å². The summed E-state index contributed by atoms with van der Waals surface area (Å²) in [5.74, 6) is -1.52. The molecule has 0 saturated carbocycles. The Morgan fingerprint density at radius 2 is 1.70 bits per heavy atom. The van der Waals surface area contributed by atoms with Crippen molar-refractivity contribution in [3.63, 3.8) is 0 Å². The predicted molar refractivity (Wildman–Crippen MR) is 108 cm³/mol. The van der Waals surface area contributed by atoms with Gasteiger partial charge < -0.3 is 14.4 Å². The fourth-order valence-corrected chi connectivity index (χ4v) is 4.01. The third-order valence-corrected chi connectivity index (χ3v) is 6.76. The Balaban J connectivity index is 1.93. The monoisotopic (exact) mass is 440 g/mol. The van der Waals surface area contributed by atoms with E-state index in [1.165, 1.54) is 45.3 Å². The van der Waals surface area contributed by atoms with Crippen LogP contribution in [0.4, 0.5) is 0 Å². The molecule has 1 fully saturated rings. The first-order chi connectivity index (χ1) is 14.1. The molecule has 1 aromatic rings. The Hall–Kier alpha value is -2.46. The zero-order chi connectivity index (χ0) is 22.5. The van der Waals surface area contributed by atoms with Gasteiger partial charge in [0, 0.05) is 27.2 Å². The molecule has 0 radical (unpaired) electrons. The Kier molecular flexibility index (Phi) is 7.96. The number of benzene rings is 1. The summed E-state index contributed by atoms with van der Waals surface area (Å²) in [5.41, 5.74) is 0.147. The van der Waals surface area contributed by atoms with Gasteiger partial charge in [-0.2, -0.15) is 0 Å². The molecule has 0 N–H and O–H groups in total. The molecule has 0 aromatic heterocycles. The zero-order valence-corrected chi connectivity index (χ0v) is 18.5. The van der Waals surface area contributed by atoms with Crippen molar-refractivity contribution in [2.75, 3.05) is 33.8 Å². The molecule has 30 heavy (non-hydrogen) atoms. The van der Waals surface area contributed by atoms with Crippen LogP contribution >= 0.6 is 0 Å². The van der Waals surface area contributed by atoms with Crippen LogP contribution in [0.15, 0.2) is 29.2 Å². The first kappa shape index (κ1) is 23.8. The maximum atomic E-state index is 12.6. The largest absolute Gasteiger partial charge is 0.466 e. The normalized spacial score (nSPS) is 16.2. The van der Waals surface area contributed by atoms with Crippen molar-refractivity contribution in [1.82, 2.24) is 9.21 Å². The minimum atomic E-state index is -3.60. The van der Waals surface area contributed by atoms with Crippen molar-refractivity contribution >= 4 is 27.9 Å². The van der Waals surface area contributed by atoms with Gasteiger partial charge in [0.25, 0.3) is 5.91 Å². The lowest BCUT2D eigenvalue weighted by Gasteiger charge is -2.32. The fraction of sp³-hybridized carbons (Fsp3) is 0.550. The molecule has 1 aliphatic rings. The minimum absolute atomic E-state index is 0.0534. The van der Waals surface area contributed by atoms with Crippen LogP contribution in [-0.4, -0.2) is 75.4 Å². The summed E-state index contributed by atoms with van der Waals surface area (Å²) in [6, 6.07) is 5.33. The average Bonchev–Trinajstić information content (AvgIpc) is 2.73. The number of hydrogen-bond donors (Lipinski definition) is 0. The van der Waals surface area contributed by atoms with Crippen molar-refractivity contribution < 1.29 is 32.3 Å². The Morgan fingerprint density at radius 1 is 1.13 bits per heavy atom. The van der Waals surface area contributed by atoms with Gasteiger partial charge in [-0.25, -0.2) is 17.5 Å². The van der Waals surface area contributed by atoms with E-state index in [-0.39, 0.29) is 28.3 Å². The van der Waals surface area contributed by atoms with E-state index in [2.05, 4.69) is 0 Å². The topological polar surface area (TPSA) is 110 Å². The number of sulfonamides is 1. The summed E-state index contributed by atoms with van der Waals surface area (Å²) in [7, 11) is -0.763. The number of likely N-dealkylation sites (tertiary alicyclic amines) is 1. The molecule has 1 aliphatic heterocycles. The molecular weight excluding hydrogens is 412 g/mol. The lowest BCUT2D eigenvalue weighted by molar-refractivity contribution is -0.152. The fourth-order valence-electron chi connectivity index (χ4n) is 3.11. The lowest BCUT2D eigenvalue weighted by atomic mass is 9.97. The van der Waals surface area contributed by atoms with Gasteiger partial charge >= 0.3 is 11.9 Å². The summed E-state index contributed by atoms with van der Waals surface area (Å²) < 4.78 is 35.5. The molecule has 1 saturated heterocycles. The first-order valence-electron chi connectivity index (χ1n) is 9.77. The van der Waals surface area contributed by atoms with Gasteiger partial charge in [-0.1, -0.05) is 0 Å². The Labute approximate surface area is 177 Å². The van der Waals surface area contributed by atoms with Crippen LogP contribution in [-0.2, 0) is 29.1 Å². The molecule has 10 heteroatoms. The minimum Gasteiger partial charge on any atom is -0.466 e. The van der Waals surface area contributed by atoms with Crippen molar-refractivity contribution in [1.29, 1.82) is 0 Å². The molecule has 9 nitrogen and oxygen atoms in total. The van der Waals surface area contributed by atoms with Gasteiger partial charge in [-0.05, 0) is 51.0 Å². The van der Waals surface area contributed by atoms with Gasteiger partial charge in [0.2, 0.25) is 10.0 Å². The number of carbonyl (C=O) groups excluding carboxylic acids is 3. The smallest absolute Gasteiger partial charge is 0.338 e. The molecule has 2 rings (SSSR count). The number of ether oxygens (including phenoxy) is 2. The van der Waals surface area contributed by atoms with Crippen molar-refractivity contribution in [2.45, 2.75) is 37.7 Å². The van der Waals surface area contributed by atoms with Gasteiger partial charge in [0.05, 0.1) is 23.0 Å². The maximum absolute atomic E-state index is 12.6. The molecule has 166 valence electrons. The lowest BCUT2D eigenvalue weighted by Crippen LogP contribution is -2.45. The predicted octanol–water partition coefficient (Wildman–Crippen LogP) is 1.28. The molecule has 0 aliphatic carbocycles. The SMILES string of the molecule is CCOC(=O)C1CCN(C(=O)[C@@H](C)OC(=O)c2ccc(S(=O)(=O)N(C)C)cc2)CC1. The number of hydrogen-bond acceptors (Lipinski definition) is 7. The molecule has 1 atom stereocenters. The highest BCUT2D eigenvalue weighted by atomic mass is 32.2. The van der Waals surface area contributed by atoms with Crippen molar-refractivity contribution in [3.05, 3.63) is 29.8 Å². The van der Waals surface area contributed by atoms with Crippen molar-refractivity contribution in [2.24, 2.45) is 5.92 Å². The van der Waals surface area contributed by atoms with Gasteiger partial charge in [0.1, 0.15) is 0 Å². The summed E-state index contributed by atoms with van der Waals surface area (Å²) in [5, 5.41) is 0. The van der Waals surface area contributed by atoms with E-state index in [1.807, 2.05) is 0 Å². The molecule has 0 unspecified atom stereocenters. The van der Waals surface area contributed by atoms with Crippen LogP contribution in [0.2, 0.25) is 0 Å². The number of amides is 1. The second kappa shape index (κ2) is 10.0. The first-order valence-corrected chi connectivity index (χ1v) is 11.2. The van der Waals surface area contributed by atoms with E-state index < -0.39 is 22.1 Å². The van der Waals surface area contributed by atoms with Crippen LogP contribution in [0.1, 0.15) is 37.0 Å². The summed E-state index contributed by atoms with van der Waals surface area (Å²) in [6.07, 6.45) is 0.0157. The second-order valence-electron chi connectivity index (χ2n) is 7.21. The number of esters is 2. The van der Waals surface area contributed by atoms with E-state index in [0.717, 1.165) is 4.31 Å². The number of carbonyl (C=O) groups is 3. The van der Waals surface area contributed by atoms with E-state index in [1.54, 1.807) is 11.8 Å². The molecule has 1 aromatic carbocycles. The van der Waals surface area contributed by atoms with Crippen LogP contribution in [0.3, 0.4) is 0 Å². The third kappa shape index (κ3) is 5.57. The quantitative estimate of drug-likeness (QED) is 0.588. The molecule has 0 spiro atoms. The van der Waals surface area contributed by atoms with E-state index >= 15 is 0 Å². The highest BCUT2D eigenvalue weighted by molar-refractivity contribution is 7.89. The average molecular weight is 441 g/mol. The summed E-state index contributed by atoms with van der Waals surface area (Å²) in [6.45, 7) is 4.35. The number of nitrogens with zero attached hydrogens (tertiary/aromatic N) is 2. The Morgan fingerprint density at radius 3 is 2.20 bits per heavy atom. The van der Waals surface area contributed by atoms with Crippen LogP contribution in [0, 0.1) is 5.92 Å². The van der Waals surface area contributed by atoms with E-state index in [4.69, 9.17) is 9.47 Å². The molecular formula is C20H28N2O7S. The van der Waals surface area contributed by atoms with Crippen molar-refractivity contribution in [3.8, 4) is 0 Å². The van der Waals surface area contributed by atoms with Crippen LogP contribution in [0.5, 0.6) is 0 Å². The van der Waals surface area contributed by atoms with Gasteiger partial charge in [-0.3, -0.25) is 9.59 Å². The van der Waals surface area contributed by atoms with Crippen LogP contribution < -0.4 is 0 Å². The van der Waals surface area contributed by atoms with Crippen LogP contribution in [0.25, 0.3) is 0 Å². The van der Waals surface area contributed by atoms with E-state index in [0.29, 0.717) is 32.5 Å². The summed E-state index contributed by atoms with van der Waals surface area (Å²) in [4.78, 5) is 38.3. The molecule has 1 amide bonds. The van der Waals surface area contributed by atoms with Gasteiger partial charge in [-0.15, -0.1) is 0 Å². The third-order valence-electron chi connectivity index (χ3n) is 4.93. The second-order valence-corrected chi connectivity index (χ2v) is 9.36. The molecule has 0 bridgehead atoms. The standard InChI is InChI=1S/C20H28N2O7S/c1-5-28-19(24)16-10-12-22(13-11-16)18(23)14(2)29-20(25)15-6-8-17(9-7-15)30(26,27)21(3)4/h6-9,14,16H,5,10-13H2,1-4H3/t14-/m1/s1. The number of rotatable bonds is 7. The zero-order valence-electron chi connectivity index (χ0n) is 17.7. The Bertz CT molecular complexity index is 873. The highest BCUT2D eigenvalue weighted by Crippen LogP contribution is 2.20. The molecule has 1 heterocycles. The maximum Gasteiger partial charge on any atom is 0.338 e. The highest BCUT2D eigenvalue weighted by Gasteiger charge is 2.31.